The van der Waals surface area contributed by atoms with Crippen LogP contribution in [0.25, 0.3) is 0 Å². The molecule has 2 rings (SSSR count). The number of para-hydroxylation sites is 1. The lowest BCUT2D eigenvalue weighted by molar-refractivity contribution is -0.136. The van der Waals surface area contributed by atoms with Gasteiger partial charge in [0.15, 0.2) is 0 Å². The number of aliphatic carboxylic acids is 1. The van der Waals surface area contributed by atoms with Gasteiger partial charge in [-0.15, -0.1) is 0 Å². The van der Waals surface area contributed by atoms with Gasteiger partial charge in [-0.3, -0.25) is 13.9 Å². The minimum absolute atomic E-state index is 0.137. The summed E-state index contributed by atoms with van der Waals surface area (Å²) < 4.78 is 27.0. The van der Waals surface area contributed by atoms with Gasteiger partial charge in [-0.1, -0.05) is 12.1 Å². The smallest absolute Gasteiger partial charge is 0.337 e. The second kappa shape index (κ2) is 8.53. The maximum absolute atomic E-state index is 13.1. The van der Waals surface area contributed by atoms with Crippen molar-refractivity contribution in [3.63, 3.8) is 0 Å². The van der Waals surface area contributed by atoms with Gasteiger partial charge >= 0.3 is 11.9 Å². The molecule has 0 aromatic heterocycles. The summed E-state index contributed by atoms with van der Waals surface area (Å²) in [6.45, 7) is 0.858. The SMILES string of the molecule is CC(=O)Nc1ccc(S(=O)(=O)N(CCC(=O)O)c2ccccc2C(=O)O)cc1. The van der Waals surface area contributed by atoms with Crippen LogP contribution in [0, 0.1) is 0 Å². The van der Waals surface area contributed by atoms with Gasteiger partial charge < -0.3 is 15.5 Å². The number of carbonyl (C=O) groups is 3. The molecule has 0 unspecified atom stereocenters. The van der Waals surface area contributed by atoms with E-state index in [4.69, 9.17) is 5.11 Å². The van der Waals surface area contributed by atoms with Gasteiger partial charge in [0.1, 0.15) is 0 Å². The molecule has 1 amide bonds. The number of benzene rings is 2. The van der Waals surface area contributed by atoms with E-state index in [1.807, 2.05) is 0 Å². The van der Waals surface area contributed by atoms with Gasteiger partial charge in [-0.2, -0.15) is 0 Å². The predicted molar refractivity (Wildman–Crippen MR) is 101 cm³/mol. The molecule has 0 saturated carbocycles. The molecule has 2 aromatic rings. The van der Waals surface area contributed by atoms with Crippen molar-refractivity contribution in [2.45, 2.75) is 18.2 Å². The molecule has 0 fully saturated rings. The molecule has 0 radical (unpaired) electrons. The molecule has 3 N–H and O–H groups in total. The number of carbonyl (C=O) groups excluding carboxylic acids is 1. The summed E-state index contributed by atoms with van der Waals surface area (Å²) in [5.41, 5.74) is -0.0250. The van der Waals surface area contributed by atoms with Crippen LogP contribution in [0.4, 0.5) is 11.4 Å². The molecule has 28 heavy (non-hydrogen) atoms. The Hall–Kier alpha value is -3.40. The number of hydrogen-bond donors (Lipinski definition) is 3. The van der Waals surface area contributed by atoms with Gasteiger partial charge in [0.25, 0.3) is 10.0 Å². The van der Waals surface area contributed by atoms with Crippen LogP contribution < -0.4 is 9.62 Å². The fourth-order valence-electron chi connectivity index (χ4n) is 2.48. The number of amides is 1. The van der Waals surface area contributed by atoms with E-state index in [1.165, 1.54) is 55.5 Å². The number of sulfonamides is 1. The molecule has 0 saturated heterocycles. The first-order valence-electron chi connectivity index (χ1n) is 8.07. The summed E-state index contributed by atoms with van der Waals surface area (Å²) in [5, 5.41) is 20.8. The van der Waals surface area contributed by atoms with Crippen molar-refractivity contribution in [3.8, 4) is 0 Å². The van der Waals surface area contributed by atoms with Gasteiger partial charge in [0.2, 0.25) is 5.91 Å². The van der Waals surface area contributed by atoms with Crippen molar-refractivity contribution in [2.75, 3.05) is 16.2 Å². The Labute approximate surface area is 161 Å². The number of nitrogens with one attached hydrogen (secondary N) is 1. The molecule has 0 aliphatic heterocycles. The Bertz CT molecular complexity index is 1000. The maximum atomic E-state index is 13.1. The Balaban J connectivity index is 2.52. The van der Waals surface area contributed by atoms with E-state index in [0.717, 1.165) is 4.31 Å². The van der Waals surface area contributed by atoms with Crippen molar-refractivity contribution >= 4 is 39.2 Å². The molecule has 0 spiro atoms. The molecule has 0 heterocycles. The monoisotopic (exact) mass is 406 g/mol. The van der Waals surface area contributed by atoms with Gasteiger partial charge in [-0.05, 0) is 36.4 Å². The zero-order valence-corrected chi connectivity index (χ0v) is 15.6. The van der Waals surface area contributed by atoms with E-state index < -0.39 is 34.9 Å². The number of hydrogen-bond acceptors (Lipinski definition) is 5. The molecule has 9 nitrogen and oxygen atoms in total. The van der Waals surface area contributed by atoms with E-state index in [-0.39, 0.29) is 22.1 Å². The van der Waals surface area contributed by atoms with E-state index >= 15 is 0 Å². The van der Waals surface area contributed by atoms with Crippen molar-refractivity contribution in [1.82, 2.24) is 0 Å². The standard InChI is InChI=1S/C18H18N2O7S/c1-12(21)19-13-6-8-14(9-7-13)28(26,27)20(11-10-17(22)23)16-5-3-2-4-15(16)18(24)25/h2-9H,10-11H2,1H3,(H,19,21)(H,22,23)(H,24,25). The quantitative estimate of drug-likeness (QED) is 0.609. The third-order valence-corrected chi connectivity index (χ3v) is 5.52. The van der Waals surface area contributed by atoms with Crippen LogP contribution in [0.5, 0.6) is 0 Å². The lowest BCUT2D eigenvalue weighted by atomic mass is 10.2. The first kappa shape index (κ1) is 20.9. The molecule has 2 aromatic carbocycles. The van der Waals surface area contributed by atoms with Crippen molar-refractivity contribution in [1.29, 1.82) is 0 Å². The van der Waals surface area contributed by atoms with Gasteiger partial charge in [-0.25, -0.2) is 13.2 Å². The van der Waals surface area contributed by atoms with Gasteiger partial charge in [0, 0.05) is 19.2 Å². The van der Waals surface area contributed by atoms with Crippen LogP contribution in [0.2, 0.25) is 0 Å². The summed E-state index contributed by atoms with van der Waals surface area (Å²) in [6, 6.07) is 10.7. The highest BCUT2D eigenvalue weighted by molar-refractivity contribution is 7.92. The summed E-state index contributed by atoms with van der Waals surface area (Å²) >= 11 is 0. The topological polar surface area (TPSA) is 141 Å². The Morgan fingerprint density at radius 1 is 1.00 bits per heavy atom. The fraction of sp³-hybridized carbons (Fsp3) is 0.167. The highest BCUT2D eigenvalue weighted by Gasteiger charge is 2.28. The average Bonchev–Trinajstić information content (AvgIpc) is 2.61. The number of nitrogens with zero attached hydrogens (tertiary/aromatic N) is 1. The first-order valence-corrected chi connectivity index (χ1v) is 9.51. The van der Waals surface area contributed by atoms with Crippen molar-refractivity contribution in [3.05, 3.63) is 54.1 Å². The summed E-state index contributed by atoms with van der Waals surface area (Å²) in [4.78, 5) is 33.4. The zero-order valence-electron chi connectivity index (χ0n) is 14.8. The highest BCUT2D eigenvalue weighted by atomic mass is 32.2. The van der Waals surface area contributed by atoms with E-state index in [9.17, 15) is 27.9 Å². The Morgan fingerprint density at radius 2 is 1.61 bits per heavy atom. The Kier molecular flexibility index (Phi) is 6.37. The van der Waals surface area contributed by atoms with Crippen LogP contribution in [0.15, 0.2) is 53.4 Å². The van der Waals surface area contributed by atoms with Crippen LogP contribution in [-0.4, -0.2) is 43.0 Å². The molecular formula is C18H18N2O7S. The van der Waals surface area contributed by atoms with E-state index in [0.29, 0.717) is 5.69 Å². The minimum atomic E-state index is -4.26. The largest absolute Gasteiger partial charge is 0.481 e. The van der Waals surface area contributed by atoms with Gasteiger partial charge in [0.05, 0.1) is 22.6 Å². The van der Waals surface area contributed by atoms with Crippen LogP contribution >= 0.6 is 0 Å². The number of aromatic carboxylic acids is 1. The summed E-state index contributed by atoms with van der Waals surface area (Å²) in [6.07, 6.45) is -0.517. The molecular weight excluding hydrogens is 388 g/mol. The highest BCUT2D eigenvalue weighted by Crippen LogP contribution is 2.28. The fourth-order valence-corrected chi connectivity index (χ4v) is 3.96. The molecule has 0 aliphatic rings. The van der Waals surface area contributed by atoms with Crippen LogP contribution in [-0.2, 0) is 19.6 Å². The molecule has 0 aliphatic carbocycles. The third-order valence-electron chi connectivity index (χ3n) is 3.69. The van der Waals surface area contributed by atoms with Crippen molar-refractivity contribution < 1.29 is 33.0 Å². The van der Waals surface area contributed by atoms with Crippen LogP contribution in [0.1, 0.15) is 23.7 Å². The van der Waals surface area contributed by atoms with E-state index in [2.05, 4.69) is 5.32 Å². The molecule has 148 valence electrons. The average molecular weight is 406 g/mol. The molecule has 0 bridgehead atoms. The van der Waals surface area contributed by atoms with Crippen molar-refractivity contribution in [2.24, 2.45) is 0 Å². The molecule has 0 atom stereocenters. The summed E-state index contributed by atoms with van der Waals surface area (Å²) in [5.74, 6) is -2.89. The second-order valence-corrected chi connectivity index (χ2v) is 7.61. The normalized spacial score (nSPS) is 10.9. The van der Waals surface area contributed by atoms with E-state index in [1.54, 1.807) is 0 Å². The minimum Gasteiger partial charge on any atom is -0.481 e. The predicted octanol–water partition coefficient (Wildman–Crippen LogP) is 2.01. The Morgan fingerprint density at radius 3 is 2.14 bits per heavy atom. The molecule has 10 heteroatoms. The maximum Gasteiger partial charge on any atom is 0.337 e. The van der Waals surface area contributed by atoms with Crippen LogP contribution in [0.3, 0.4) is 0 Å². The lowest BCUT2D eigenvalue weighted by Crippen LogP contribution is -2.34. The number of carboxylic acid groups (broad SMARTS) is 2. The zero-order chi connectivity index (χ0) is 20.9. The first-order chi connectivity index (χ1) is 13.1. The lowest BCUT2D eigenvalue weighted by Gasteiger charge is -2.25. The number of rotatable bonds is 8. The number of anilines is 2. The number of carboxylic acids is 2. The third kappa shape index (κ3) is 4.86. The second-order valence-electron chi connectivity index (χ2n) is 5.75. The summed E-state index contributed by atoms with van der Waals surface area (Å²) in [7, 11) is -4.26.